The molecule has 2 fully saturated rings. The molecular formula is C16H21Br2N. The van der Waals surface area contributed by atoms with Gasteiger partial charge in [-0.1, -0.05) is 44.7 Å². The second-order valence-electron chi connectivity index (χ2n) is 6.10. The van der Waals surface area contributed by atoms with Gasteiger partial charge in [0.15, 0.2) is 0 Å². The molecule has 1 aliphatic carbocycles. The van der Waals surface area contributed by atoms with Crippen molar-refractivity contribution in [2.75, 3.05) is 18.0 Å². The predicted octanol–water partition coefficient (Wildman–Crippen LogP) is 5.50. The van der Waals surface area contributed by atoms with Crippen LogP contribution in [0.3, 0.4) is 0 Å². The second-order valence-corrected chi connectivity index (χ2v) is 7.58. The van der Waals surface area contributed by atoms with E-state index in [-0.39, 0.29) is 0 Å². The molecule has 1 heterocycles. The molecule has 0 radical (unpaired) electrons. The van der Waals surface area contributed by atoms with Crippen LogP contribution in [0.15, 0.2) is 22.7 Å². The van der Waals surface area contributed by atoms with E-state index in [9.17, 15) is 0 Å². The Bertz CT molecular complexity index is 442. The van der Waals surface area contributed by atoms with Gasteiger partial charge in [-0.25, -0.2) is 0 Å². The van der Waals surface area contributed by atoms with Gasteiger partial charge in [0.25, 0.3) is 0 Å². The number of nitrogens with zero attached hydrogens (tertiary/aromatic N) is 1. The van der Waals surface area contributed by atoms with Crippen molar-refractivity contribution in [1.82, 2.24) is 0 Å². The van der Waals surface area contributed by atoms with Gasteiger partial charge >= 0.3 is 0 Å². The highest BCUT2D eigenvalue weighted by Gasteiger charge is 2.37. The van der Waals surface area contributed by atoms with Crippen LogP contribution >= 0.6 is 31.9 Å². The molecule has 3 rings (SSSR count). The van der Waals surface area contributed by atoms with E-state index in [4.69, 9.17) is 0 Å². The molecule has 1 spiro atoms. The number of halogens is 2. The maximum Gasteiger partial charge on any atom is 0.0408 e. The van der Waals surface area contributed by atoms with E-state index < -0.39 is 0 Å². The molecule has 1 aromatic carbocycles. The van der Waals surface area contributed by atoms with Crippen molar-refractivity contribution < 1.29 is 0 Å². The summed E-state index contributed by atoms with van der Waals surface area (Å²) in [4.78, 5) is 2.59. The maximum atomic E-state index is 3.62. The molecule has 0 unspecified atom stereocenters. The molecule has 104 valence electrons. The number of hydrogen-bond donors (Lipinski definition) is 0. The van der Waals surface area contributed by atoms with Crippen molar-refractivity contribution in [1.29, 1.82) is 0 Å². The zero-order valence-electron chi connectivity index (χ0n) is 11.3. The minimum Gasteiger partial charge on any atom is -0.371 e. The normalized spacial score (nSPS) is 22.1. The van der Waals surface area contributed by atoms with E-state index in [2.05, 4.69) is 55.0 Å². The highest BCUT2D eigenvalue weighted by Crippen LogP contribution is 2.47. The predicted molar refractivity (Wildman–Crippen MR) is 89.1 cm³/mol. The summed E-state index contributed by atoms with van der Waals surface area (Å²) in [6.45, 7) is 2.48. The largest absolute Gasteiger partial charge is 0.371 e. The summed E-state index contributed by atoms with van der Waals surface area (Å²) < 4.78 is 1.18. The molecule has 1 saturated carbocycles. The zero-order valence-corrected chi connectivity index (χ0v) is 14.5. The standard InChI is InChI=1S/C16H21Br2N/c17-12-13-11-14(18)3-4-15(13)19-9-7-16(8-10-19)5-1-2-6-16/h3-4,11H,1-2,5-10,12H2. The zero-order chi connectivity index (χ0) is 13.3. The van der Waals surface area contributed by atoms with Gasteiger partial charge < -0.3 is 4.90 Å². The highest BCUT2D eigenvalue weighted by atomic mass is 79.9. The van der Waals surface area contributed by atoms with Gasteiger partial charge in [-0.15, -0.1) is 0 Å². The molecule has 0 bridgehead atoms. The SMILES string of the molecule is BrCc1cc(Br)ccc1N1CCC2(CCCC2)CC1. The van der Waals surface area contributed by atoms with Gasteiger partial charge in [0.05, 0.1) is 0 Å². The summed E-state index contributed by atoms with van der Waals surface area (Å²) in [5, 5.41) is 0.934. The fraction of sp³-hybridized carbons (Fsp3) is 0.625. The first-order valence-electron chi connectivity index (χ1n) is 7.32. The lowest BCUT2D eigenvalue weighted by molar-refractivity contribution is 0.226. The summed E-state index contributed by atoms with van der Waals surface area (Å²) in [6.07, 6.45) is 8.67. The molecule has 1 aromatic rings. The van der Waals surface area contributed by atoms with Crippen LogP contribution in [0, 0.1) is 5.41 Å². The molecule has 0 N–H and O–H groups in total. The molecule has 0 atom stereocenters. The Morgan fingerprint density at radius 1 is 1.05 bits per heavy atom. The van der Waals surface area contributed by atoms with E-state index in [0.29, 0.717) is 5.41 Å². The summed E-state index contributed by atoms with van der Waals surface area (Å²) in [6, 6.07) is 6.68. The van der Waals surface area contributed by atoms with Gasteiger partial charge in [-0.05, 0) is 54.9 Å². The monoisotopic (exact) mass is 385 g/mol. The van der Waals surface area contributed by atoms with Crippen molar-refractivity contribution in [3.8, 4) is 0 Å². The summed E-state index contributed by atoms with van der Waals surface area (Å²) in [7, 11) is 0. The van der Waals surface area contributed by atoms with E-state index >= 15 is 0 Å². The van der Waals surface area contributed by atoms with Crippen LogP contribution < -0.4 is 4.90 Å². The lowest BCUT2D eigenvalue weighted by Crippen LogP contribution is -2.39. The third-order valence-electron chi connectivity index (χ3n) is 5.01. The van der Waals surface area contributed by atoms with Crippen LogP contribution in [0.1, 0.15) is 44.1 Å². The van der Waals surface area contributed by atoms with Crippen molar-refractivity contribution in [3.05, 3.63) is 28.2 Å². The summed E-state index contributed by atoms with van der Waals surface area (Å²) >= 11 is 7.19. The molecule has 19 heavy (non-hydrogen) atoms. The lowest BCUT2D eigenvalue weighted by Gasteiger charge is -2.41. The maximum absolute atomic E-state index is 3.62. The first-order valence-corrected chi connectivity index (χ1v) is 9.23. The number of benzene rings is 1. The number of anilines is 1. The number of alkyl halides is 1. The van der Waals surface area contributed by atoms with Crippen LogP contribution in [0.4, 0.5) is 5.69 Å². The Hall–Kier alpha value is -0.0200. The van der Waals surface area contributed by atoms with Crippen LogP contribution in [0.2, 0.25) is 0 Å². The van der Waals surface area contributed by atoms with Gasteiger partial charge in [0.1, 0.15) is 0 Å². The van der Waals surface area contributed by atoms with Gasteiger partial charge in [-0.2, -0.15) is 0 Å². The van der Waals surface area contributed by atoms with E-state index in [0.717, 1.165) is 5.33 Å². The van der Waals surface area contributed by atoms with Crippen molar-refractivity contribution >= 4 is 37.5 Å². The summed E-state index contributed by atoms with van der Waals surface area (Å²) in [5.74, 6) is 0. The molecule has 1 aliphatic heterocycles. The van der Waals surface area contributed by atoms with Gasteiger partial charge in [0.2, 0.25) is 0 Å². The molecule has 3 heteroatoms. The van der Waals surface area contributed by atoms with Crippen molar-refractivity contribution in [2.45, 2.75) is 43.9 Å². The second kappa shape index (κ2) is 5.77. The fourth-order valence-corrected chi connectivity index (χ4v) is 4.67. The van der Waals surface area contributed by atoms with Gasteiger partial charge in [0, 0.05) is 28.6 Å². The minimum absolute atomic E-state index is 0.709. The fourth-order valence-electron chi connectivity index (χ4n) is 3.82. The third-order valence-corrected chi connectivity index (χ3v) is 6.11. The molecule has 1 nitrogen and oxygen atoms in total. The van der Waals surface area contributed by atoms with Crippen LogP contribution in [-0.4, -0.2) is 13.1 Å². The van der Waals surface area contributed by atoms with Crippen LogP contribution in [0.25, 0.3) is 0 Å². The topological polar surface area (TPSA) is 3.24 Å². The third kappa shape index (κ3) is 2.87. The number of hydrogen-bond acceptors (Lipinski definition) is 1. The average Bonchev–Trinajstić information content (AvgIpc) is 2.88. The van der Waals surface area contributed by atoms with Gasteiger partial charge in [-0.3, -0.25) is 0 Å². The van der Waals surface area contributed by atoms with E-state index in [1.165, 1.54) is 67.3 Å². The smallest absolute Gasteiger partial charge is 0.0408 e. The quantitative estimate of drug-likeness (QED) is 0.606. The first kappa shape index (κ1) is 13.9. The summed E-state index contributed by atoms with van der Waals surface area (Å²) in [5.41, 5.74) is 3.53. The average molecular weight is 387 g/mol. The molecular weight excluding hydrogens is 366 g/mol. The Labute approximate surface area is 133 Å². The highest BCUT2D eigenvalue weighted by molar-refractivity contribution is 9.10. The molecule has 0 amide bonds. The van der Waals surface area contributed by atoms with Crippen molar-refractivity contribution in [3.63, 3.8) is 0 Å². The number of piperidine rings is 1. The Morgan fingerprint density at radius 3 is 2.37 bits per heavy atom. The van der Waals surface area contributed by atoms with Crippen LogP contribution in [0.5, 0.6) is 0 Å². The van der Waals surface area contributed by atoms with E-state index in [1.807, 2.05) is 0 Å². The Morgan fingerprint density at radius 2 is 1.74 bits per heavy atom. The number of rotatable bonds is 2. The molecule has 1 saturated heterocycles. The molecule has 0 aromatic heterocycles. The minimum atomic E-state index is 0.709. The Balaban J connectivity index is 1.74. The van der Waals surface area contributed by atoms with E-state index in [1.54, 1.807) is 0 Å². The molecule has 2 aliphatic rings. The first-order chi connectivity index (χ1) is 9.22. The van der Waals surface area contributed by atoms with Crippen LogP contribution in [-0.2, 0) is 5.33 Å². The van der Waals surface area contributed by atoms with Crippen molar-refractivity contribution in [2.24, 2.45) is 5.41 Å². The lowest BCUT2D eigenvalue weighted by atomic mass is 9.77. The Kier molecular flexibility index (Phi) is 4.23.